The Morgan fingerprint density at radius 1 is 0.929 bits per heavy atom. The van der Waals surface area contributed by atoms with Crippen molar-refractivity contribution in [1.29, 1.82) is 0 Å². The summed E-state index contributed by atoms with van der Waals surface area (Å²) in [6, 6.07) is 11.3. The van der Waals surface area contributed by atoms with Crippen molar-refractivity contribution in [3.8, 4) is 0 Å². The Labute approximate surface area is 162 Å². The van der Waals surface area contributed by atoms with Gasteiger partial charge < -0.3 is 20.5 Å². The fourth-order valence-electron chi connectivity index (χ4n) is 2.99. The molecule has 0 saturated carbocycles. The van der Waals surface area contributed by atoms with Crippen LogP contribution >= 0.6 is 0 Å². The van der Waals surface area contributed by atoms with Crippen molar-refractivity contribution in [2.24, 2.45) is 17.6 Å². The molecular weight excluding hydrogens is 364 g/mol. The molecule has 0 saturated heterocycles. The van der Waals surface area contributed by atoms with Crippen LogP contribution in [-0.2, 0) is 23.9 Å². The van der Waals surface area contributed by atoms with E-state index in [0.717, 1.165) is 25.0 Å². The number of carbonyl (C=O) groups is 4. The first kappa shape index (κ1) is 20.9. The van der Waals surface area contributed by atoms with Gasteiger partial charge in [0.05, 0.1) is 14.2 Å². The smallest absolute Gasteiger partial charge is 0.320 e. The molecule has 0 radical (unpaired) electrons. The molecule has 2 aromatic carbocycles. The molecule has 0 aliphatic rings. The lowest BCUT2D eigenvalue weighted by Crippen LogP contribution is -2.52. The van der Waals surface area contributed by atoms with E-state index in [9.17, 15) is 19.2 Å². The Morgan fingerprint density at radius 2 is 1.50 bits per heavy atom. The quantitative estimate of drug-likeness (QED) is 0.541. The van der Waals surface area contributed by atoms with Crippen molar-refractivity contribution < 1.29 is 28.7 Å². The molecule has 0 fully saturated rings. The fourth-order valence-corrected chi connectivity index (χ4v) is 2.99. The number of ether oxygens (including phenoxy) is 2. The minimum absolute atomic E-state index is 0.310. The van der Waals surface area contributed by atoms with Crippen molar-refractivity contribution in [2.45, 2.75) is 13.0 Å². The lowest BCUT2D eigenvalue weighted by molar-refractivity contribution is -0.161. The Balaban J connectivity index is 2.29. The zero-order valence-corrected chi connectivity index (χ0v) is 15.8. The number of hydrogen-bond acceptors (Lipinski definition) is 6. The Kier molecular flexibility index (Phi) is 6.70. The molecule has 3 N–H and O–H groups in total. The van der Waals surface area contributed by atoms with E-state index in [1.165, 1.54) is 6.92 Å². The molecule has 2 atom stereocenters. The maximum atomic E-state index is 12.7. The molecule has 8 heteroatoms. The van der Waals surface area contributed by atoms with E-state index >= 15 is 0 Å². The van der Waals surface area contributed by atoms with E-state index in [4.69, 9.17) is 5.73 Å². The molecule has 2 rings (SSSR count). The fraction of sp³-hybridized carbons (Fsp3) is 0.300. The zero-order chi connectivity index (χ0) is 20.8. The Morgan fingerprint density at radius 3 is 2.04 bits per heavy atom. The predicted octanol–water partition coefficient (Wildman–Crippen LogP) is 1.02. The van der Waals surface area contributed by atoms with Crippen LogP contribution in [0.3, 0.4) is 0 Å². The van der Waals surface area contributed by atoms with Crippen molar-refractivity contribution in [3.63, 3.8) is 0 Å². The highest BCUT2D eigenvalue weighted by Gasteiger charge is 2.41. The maximum absolute atomic E-state index is 12.7. The summed E-state index contributed by atoms with van der Waals surface area (Å²) in [4.78, 5) is 48.6. The first-order valence-electron chi connectivity index (χ1n) is 8.54. The van der Waals surface area contributed by atoms with Crippen LogP contribution in [0.1, 0.15) is 17.3 Å². The molecule has 148 valence electrons. The van der Waals surface area contributed by atoms with E-state index in [1.54, 1.807) is 18.2 Å². The number of carbonyl (C=O) groups excluding carboxylic acids is 4. The number of primary amides is 1. The van der Waals surface area contributed by atoms with Gasteiger partial charge in [0.2, 0.25) is 5.91 Å². The summed E-state index contributed by atoms with van der Waals surface area (Å²) >= 11 is 0. The molecule has 0 heterocycles. The second kappa shape index (κ2) is 8.98. The third-order valence-electron chi connectivity index (χ3n) is 4.57. The average molecular weight is 386 g/mol. The number of hydrogen-bond donors (Lipinski definition) is 2. The number of esters is 2. The third kappa shape index (κ3) is 4.46. The highest BCUT2D eigenvalue weighted by Crippen LogP contribution is 2.21. The highest BCUT2D eigenvalue weighted by atomic mass is 16.5. The van der Waals surface area contributed by atoms with E-state index in [1.807, 2.05) is 24.3 Å². The summed E-state index contributed by atoms with van der Waals surface area (Å²) in [5, 5.41) is 4.31. The first-order valence-corrected chi connectivity index (χ1v) is 8.54. The lowest BCUT2D eigenvalue weighted by Gasteiger charge is -2.26. The molecule has 0 aliphatic heterocycles. The average Bonchev–Trinajstić information content (AvgIpc) is 2.70. The number of nitrogens with two attached hydrogens (primary N) is 1. The molecule has 0 aliphatic carbocycles. The largest absolute Gasteiger partial charge is 0.468 e. The van der Waals surface area contributed by atoms with Crippen LogP contribution in [-0.4, -0.2) is 44.0 Å². The number of fused-ring (bicyclic) bond motifs is 1. The monoisotopic (exact) mass is 386 g/mol. The minimum atomic E-state index is -1.41. The van der Waals surface area contributed by atoms with Gasteiger partial charge in [-0.25, -0.2) is 0 Å². The number of rotatable bonds is 7. The molecule has 2 aromatic rings. The van der Waals surface area contributed by atoms with Gasteiger partial charge in [-0.05, 0) is 22.9 Å². The summed E-state index contributed by atoms with van der Waals surface area (Å²) in [7, 11) is 2.22. The normalized spacial score (nSPS) is 12.9. The third-order valence-corrected chi connectivity index (χ3v) is 4.57. The van der Waals surface area contributed by atoms with E-state index in [0.29, 0.717) is 5.56 Å². The van der Waals surface area contributed by atoms with Crippen molar-refractivity contribution in [1.82, 2.24) is 5.32 Å². The van der Waals surface area contributed by atoms with Gasteiger partial charge >= 0.3 is 11.9 Å². The summed E-state index contributed by atoms with van der Waals surface area (Å²) in [5.41, 5.74) is 5.73. The number of benzene rings is 2. The van der Waals surface area contributed by atoms with Crippen LogP contribution in [0.25, 0.3) is 10.8 Å². The zero-order valence-electron chi connectivity index (χ0n) is 15.8. The van der Waals surface area contributed by atoms with Gasteiger partial charge in [-0.15, -0.1) is 0 Å². The highest BCUT2D eigenvalue weighted by molar-refractivity contribution is 6.01. The molecule has 8 nitrogen and oxygen atoms in total. The first-order chi connectivity index (χ1) is 13.3. The summed E-state index contributed by atoms with van der Waals surface area (Å²) in [6.45, 7) is 1.44. The van der Waals surface area contributed by atoms with Crippen LogP contribution in [0.4, 0.5) is 0 Å². The van der Waals surface area contributed by atoms with Crippen LogP contribution < -0.4 is 11.1 Å². The van der Waals surface area contributed by atoms with Crippen LogP contribution in [0, 0.1) is 11.8 Å². The van der Waals surface area contributed by atoms with Gasteiger partial charge in [-0.3, -0.25) is 19.2 Å². The molecule has 0 unspecified atom stereocenters. The second-order valence-corrected chi connectivity index (χ2v) is 6.30. The molecule has 0 bridgehead atoms. The SMILES string of the molecule is COC(=O)C(C(=O)OC)[C@@H](C)[C@H](NC(=O)c1ccc2ccccc2c1)C(N)=O. The lowest BCUT2D eigenvalue weighted by atomic mass is 9.86. The molecular formula is C20H22N2O6. The second-order valence-electron chi connectivity index (χ2n) is 6.30. The molecule has 28 heavy (non-hydrogen) atoms. The maximum Gasteiger partial charge on any atom is 0.320 e. The topological polar surface area (TPSA) is 125 Å². The van der Waals surface area contributed by atoms with Gasteiger partial charge in [-0.2, -0.15) is 0 Å². The van der Waals surface area contributed by atoms with Crippen molar-refractivity contribution in [3.05, 3.63) is 48.0 Å². The van der Waals surface area contributed by atoms with Crippen LogP contribution in [0.15, 0.2) is 42.5 Å². The Hall–Kier alpha value is -3.42. The van der Waals surface area contributed by atoms with E-state index in [2.05, 4.69) is 14.8 Å². The van der Waals surface area contributed by atoms with E-state index < -0.39 is 41.6 Å². The van der Waals surface area contributed by atoms with Crippen LogP contribution in [0.2, 0.25) is 0 Å². The number of nitrogens with one attached hydrogen (secondary N) is 1. The van der Waals surface area contributed by atoms with Crippen molar-refractivity contribution >= 4 is 34.5 Å². The van der Waals surface area contributed by atoms with E-state index in [-0.39, 0.29) is 0 Å². The van der Waals surface area contributed by atoms with Gasteiger partial charge in [0.15, 0.2) is 5.92 Å². The standard InChI is InChI=1S/C20H22N2O6/c1-11(15(19(25)27-2)20(26)28-3)16(17(21)23)22-18(24)14-9-8-12-6-4-5-7-13(12)10-14/h4-11,15-16H,1-3H3,(H2,21,23)(H,22,24)/t11-,16+/m1/s1. The summed E-state index contributed by atoms with van der Waals surface area (Å²) < 4.78 is 9.24. The molecule has 0 aromatic heterocycles. The minimum Gasteiger partial charge on any atom is -0.468 e. The summed E-state index contributed by atoms with van der Waals surface area (Å²) in [6.07, 6.45) is 0. The van der Waals surface area contributed by atoms with Gasteiger partial charge in [-0.1, -0.05) is 37.3 Å². The molecule has 2 amide bonds. The van der Waals surface area contributed by atoms with Gasteiger partial charge in [0.1, 0.15) is 6.04 Å². The summed E-state index contributed by atoms with van der Waals surface area (Å²) in [5.74, 6) is -5.61. The van der Waals surface area contributed by atoms with Crippen molar-refractivity contribution in [2.75, 3.05) is 14.2 Å². The molecule has 0 spiro atoms. The Bertz CT molecular complexity index is 894. The predicted molar refractivity (Wildman–Crippen MR) is 101 cm³/mol. The number of amides is 2. The number of methoxy groups -OCH3 is 2. The van der Waals surface area contributed by atoms with Crippen LogP contribution in [0.5, 0.6) is 0 Å². The van der Waals surface area contributed by atoms with Gasteiger partial charge in [0.25, 0.3) is 5.91 Å². The van der Waals surface area contributed by atoms with Gasteiger partial charge in [0, 0.05) is 11.5 Å².